The zero-order valence-electron chi connectivity index (χ0n) is 16.5. The minimum absolute atomic E-state index is 0.324. The van der Waals surface area contributed by atoms with Gasteiger partial charge in [-0.2, -0.15) is 0 Å². The van der Waals surface area contributed by atoms with Crippen LogP contribution < -0.4 is 20.4 Å². The molecule has 0 saturated heterocycles. The van der Waals surface area contributed by atoms with Crippen molar-refractivity contribution in [1.29, 1.82) is 0 Å². The lowest BCUT2D eigenvalue weighted by atomic mass is 10.1. The van der Waals surface area contributed by atoms with Crippen LogP contribution in [0.1, 0.15) is 10.4 Å². The predicted molar refractivity (Wildman–Crippen MR) is 115 cm³/mol. The maximum atomic E-state index is 12.7. The van der Waals surface area contributed by atoms with Crippen molar-refractivity contribution in [2.75, 3.05) is 19.5 Å². The molecule has 4 rings (SSSR count). The molecule has 0 aliphatic carbocycles. The van der Waals surface area contributed by atoms with Gasteiger partial charge in [-0.25, -0.2) is 4.79 Å². The number of fused-ring (bicyclic) bond motifs is 1. The quantitative estimate of drug-likeness (QED) is 0.489. The predicted octanol–water partition coefficient (Wildman–Crippen LogP) is 4.73. The maximum absolute atomic E-state index is 12.7. The highest BCUT2D eigenvalue weighted by Crippen LogP contribution is 2.26. The summed E-state index contributed by atoms with van der Waals surface area (Å²) in [5, 5.41) is 3.67. The van der Waals surface area contributed by atoms with Crippen LogP contribution in [0.2, 0.25) is 0 Å². The second-order valence-corrected chi connectivity index (χ2v) is 6.62. The summed E-state index contributed by atoms with van der Waals surface area (Å²) < 4.78 is 15.9. The van der Waals surface area contributed by atoms with E-state index in [1.54, 1.807) is 54.6 Å². The fourth-order valence-electron chi connectivity index (χ4n) is 3.17. The Morgan fingerprint density at radius 3 is 2.33 bits per heavy atom. The van der Waals surface area contributed by atoms with Crippen LogP contribution >= 0.6 is 0 Å². The Kier molecular flexibility index (Phi) is 5.22. The van der Waals surface area contributed by atoms with Crippen LogP contribution in [0, 0.1) is 0 Å². The molecule has 150 valence electrons. The number of nitrogens with one attached hydrogen (secondary N) is 1. The molecule has 0 saturated carbocycles. The monoisotopic (exact) mass is 401 g/mol. The van der Waals surface area contributed by atoms with Crippen molar-refractivity contribution >= 4 is 22.6 Å². The zero-order chi connectivity index (χ0) is 21.1. The molecule has 0 aliphatic heterocycles. The molecule has 0 atom stereocenters. The van der Waals surface area contributed by atoms with E-state index in [1.807, 2.05) is 18.2 Å². The number of hydrogen-bond donors (Lipinski definition) is 1. The first kappa shape index (κ1) is 19.3. The van der Waals surface area contributed by atoms with Crippen molar-refractivity contribution in [3.8, 4) is 22.6 Å². The third kappa shape index (κ3) is 3.89. The molecule has 0 aliphatic rings. The highest BCUT2D eigenvalue weighted by atomic mass is 16.5. The summed E-state index contributed by atoms with van der Waals surface area (Å²) in [7, 11) is 3.05. The standard InChI is InChI=1S/C24H19NO5/c1-28-19-11-17(12-20(14-19)29-2)23(26)25-18-8-5-7-15(10-18)21-13-16-6-3-4-9-22(16)30-24(21)27/h3-14H,1-2H3,(H,25,26). The second kappa shape index (κ2) is 8.13. The van der Waals surface area contributed by atoms with Crippen LogP contribution in [-0.2, 0) is 0 Å². The van der Waals surface area contributed by atoms with Gasteiger partial charge in [0.2, 0.25) is 0 Å². The van der Waals surface area contributed by atoms with E-state index in [4.69, 9.17) is 13.9 Å². The topological polar surface area (TPSA) is 77.8 Å². The van der Waals surface area contributed by atoms with E-state index in [2.05, 4.69) is 5.32 Å². The number of ether oxygens (including phenoxy) is 2. The lowest BCUT2D eigenvalue weighted by Crippen LogP contribution is -2.12. The minimum Gasteiger partial charge on any atom is -0.497 e. The summed E-state index contributed by atoms with van der Waals surface area (Å²) >= 11 is 0. The van der Waals surface area contributed by atoms with E-state index in [-0.39, 0.29) is 5.91 Å². The van der Waals surface area contributed by atoms with Crippen LogP contribution in [0.15, 0.2) is 82.0 Å². The molecular weight excluding hydrogens is 382 g/mol. The van der Waals surface area contributed by atoms with E-state index in [0.29, 0.717) is 39.5 Å². The van der Waals surface area contributed by atoms with Crippen LogP contribution in [0.5, 0.6) is 11.5 Å². The number of methoxy groups -OCH3 is 2. The Labute approximate surface area is 172 Å². The molecule has 1 amide bonds. The Hall–Kier alpha value is -4.06. The molecule has 3 aromatic carbocycles. The first-order valence-corrected chi connectivity index (χ1v) is 9.25. The molecule has 1 aromatic heterocycles. The zero-order valence-corrected chi connectivity index (χ0v) is 16.5. The van der Waals surface area contributed by atoms with Crippen molar-refractivity contribution in [3.63, 3.8) is 0 Å². The van der Waals surface area contributed by atoms with Gasteiger partial charge in [0.15, 0.2) is 0 Å². The average molecular weight is 401 g/mol. The Morgan fingerprint density at radius 1 is 0.867 bits per heavy atom. The Bertz CT molecular complexity index is 1270. The van der Waals surface area contributed by atoms with E-state index >= 15 is 0 Å². The maximum Gasteiger partial charge on any atom is 0.344 e. The van der Waals surface area contributed by atoms with Gasteiger partial charge >= 0.3 is 5.63 Å². The van der Waals surface area contributed by atoms with Crippen LogP contribution in [0.3, 0.4) is 0 Å². The summed E-state index contributed by atoms with van der Waals surface area (Å²) in [5.41, 5.74) is 2.11. The van der Waals surface area contributed by atoms with Gasteiger partial charge in [0.05, 0.1) is 19.8 Å². The minimum atomic E-state index is -0.435. The molecule has 1 N–H and O–H groups in total. The van der Waals surface area contributed by atoms with Gasteiger partial charge in [-0.15, -0.1) is 0 Å². The normalized spacial score (nSPS) is 10.6. The third-order valence-corrected chi connectivity index (χ3v) is 4.69. The number of para-hydroxylation sites is 1. The van der Waals surface area contributed by atoms with E-state index in [0.717, 1.165) is 5.39 Å². The summed E-state index contributed by atoms with van der Waals surface area (Å²) in [6, 6.07) is 21.1. The molecule has 1 heterocycles. The number of carbonyl (C=O) groups is 1. The number of anilines is 1. The number of amides is 1. The third-order valence-electron chi connectivity index (χ3n) is 4.69. The lowest BCUT2D eigenvalue weighted by molar-refractivity contribution is 0.102. The average Bonchev–Trinajstić information content (AvgIpc) is 2.78. The molecule has 0 unspecified atom stereocenters. The number of carbonyl (C=O) groups excluding carboxylic acids is 1. The molecule has 6 nitrogen and oxygen atoms in total. The smallest absolute Gasteiger partial charge is 0.344 e. The van der Waals surface area contributed by atoms with Gasteiger partial charge in [-0.1, -0.05) is 30.3 Å². The molecule has 0 bridgehead atoms. The van der Waals surface area contributed by atoms with Gasteiger partial charge in [-0.05, 0) is 42.0 Å². The van der Waals surface area contributed by atoms with Gasteiger partial charge < -0.3 is 19.2 Å². The van der Waals surface area contributed by atoms with E-state index < -0.39 is 5.63 Å². The Morgan fingerprint density at radius 2 is 1.60 bits per heavy atom. The highest BCUT2D eigenvalue weighted by molar-refractivity contribution is 6.05. The molecule has 6 heteroatoms. The summed E-state index contributed by atoms with van der Waals surface area (Å²) in [6.45, 7) is 0. The number of hydrogen-bond acceptors (Lipinski definition) is 5. The van der Waals surface area contributed by atoms with Crippen molar-refractivity contribution in [1.82, 2.24) is 0 Å². The number of rotatable bonds is 5. The lowest BCUT2D eigenvalue weighted by Gasteiger charge is -2.10. The van der Waals surface area contributed by atoms with Gasteiger partial charge in [0.1, 0.15) is 17.1 Å². The fourth-order valence-corrected chi connectivity index (χ4v) is 3.17. The van der Waals surface area contributed by atoms with Crippen molar-refractivity contribution in [3.05, 3.63) is 88.8 Å². The van der Waals surface area contributed by atoms with Crippen LogP contribution in [0.25, 0.3) is 22.1 Å². The largest absolute Gasteiger partial charge is 0.497 e. The molecule has 4 aromatic rings. The van der Waals surface area contributed by atoms with Gasteiger partial charge in [0, 0.05) is 22.7 Å². The molecule has 30 heavy (non-hydrogen) atoms. The van der Waals surface area contributed by atoms with Crippen molar-refractivity contribution in [2.45, 2.75) is 0 Å². The first-order valence-electron chi connectivity index (χ1n) is 9.25. The fraction of sp³-hybridized carbons (Fsp3) is 0.0833. The molecule has 0 radical (unpaired) electrons. The van der Waals surface area contributed by atoms with Gasteiger partial charge in [-0.3, -0.25) is 4.79 Å². The summed E-state index contributed by atoms with van der Waals surface area (Å²) in [6.07, 6.45) is 0. The Balaban J connectivity index is 1.65. The SMILES string of the molecule is COc1cc(OC)cc(C(=O)Nc2cccc(-c3cc4ccccc4oc3=O)c2)c1. The molecule has 0 spiro atoms. The van der Waals surface area contributed by atoms with Crippen LogP contribution in [-0.4, -0.2) is 20.1 Å². The highest BCUT2D eigenvalue weighted by Gasteiger charge is 2.12. The van der Waals surface area contributed by atoms with E-state index in [1.165, 1.54) is 14.2 Å². The van der Waals surface area contributed by atoms with Crippen molar-refractivity contribution in [2.24, 2.45) is 0 Å². The summed E-state index contributed by atoms with van der Waals surface area (Å²) in [5.74, 6) is 0.707. The number of benzene rings is 3. The van der Waals surface area contributed by atoms with Crippen LogP contribution in [0.4, 0.5) is 5.69 Å². The van der Waals surface area contributed by atoms with Crippen molar-refractivity contribution < 1.29 is 18.7 Å². The second-order valence-electron chi connectivity index (χ2n) is 6.62. The first-order chi connectivity index (χ1) is 14.6. The molecular formula is C24H19NO5. The molecule has 0 fully saturated rings. The van der Waals surface area contributed by atoms with E-state index in [9.17, 15) is 9.59 Å². The van der Waals surface area contributed by atoms with Gasteiger partial charge in [0.25, 0.3) is 5.91 Å². The summed E-state index contributed by atoms with van der Waals surface area (Å²) in [4.78, 5) is 25.2.